The lowest BCUT2D eigenvalue weighted by Crippen LogP contribution is -2.19. The van der Waals surface area contributed by atoms with Gasteiger partial charge in [-0.1, -0.05) is 30.3 Å². The van der Waals surface area contributed by atoms with Gasteiger partial charge in [0.2, 0.25) is 0 Å². The molecule has 2 nitrogen and oxygen atoms in total. The number of rotatable bonds is 4. The number of ether oxygens (including phenoxy) is 1. The first-order valence-electron chi connectivity index (χ1n) is 6.54. The van der Waals surface area contributed by atoms with E-state index in [1.165, 1.54) is 22.3 Å². The smallest absolute Gasteiger partial charge is 0.119 e. The molecule has 0 amide bonds. The highest BCUT2D eigenvalue weighted by atomic mass is 16.5. The van der Waals surface area contributed by atoms with Crippen LogP contribution in [0.5, 0.6) is 5.75 Å². The molecule has 1 unspecified atom stereocenters. The van der Waals surface area contributed by atoms with E-state index in [-0.39, 0.29) is 6.04 Å². The topological polar surface area (TPSA) is 21.3 Å². The number of hydrogen-bond acceptors (Lipinski definition) is 2. The van der Waals surface area contributed by atoms with Gasteiger partial charge in [-0.25, -0.2) is 0 Å². The summed E-state index contributed by atoms with van der Waals surface area (Å²) in [5.74, 6) is 0.892. The maximum atomic E-state index is 5.31. The fourth-order valence-corrected chi connectivity index (χ4v) is 2.41. The molecule has 2 heteroatoms. The van der Waals surface area contributed by atoms with Crippen molar-refractivity contribution in [1.29, 1.82) is 0 Å². The average Bonchev–Trinajstić information content (AvgIpc) is 2.44. The van der Waals surface area contributed by atoms with Crippen molar-refractivity contribution in [3.8, 4) is 5.75 Å². The maximum Gasteiger partial charge on any atom is 0.119 e. The molecule has 0 radical (unpaired) electrons. The van der Waals surface area contributed by atoms with Gasteiger partial charge in [0.15, 0.2) is 0 Å². The van der Waals surface area contributed by atoms with Crippen LogP contribution < -0.4 is 10.1 Å². The van der Waals surface area contributed by atoms with Crippen LogP contribution in [0.2, 0.25) is 0 Å². The summed E-state index contributed by atoms with van der Waals surface area (Å²) in [5.41, 5.74) is 5.19. The second-order valence-corrected chi connectivity index (χ2v) is 4.79. The van der Waals surface area contributed by atoms with E-state index in [0.717, 1.165) is 5.75 Å². The molecule has 0 heterocycles. The van der Waals surface area contributed by atoms with Gasteiger partial charge in [0.1, 0.15) is 5.75 Å². The van der Waals surface area contributed by atoms with Gasteiger partial charge >= 0.3 is 0 Å². The SMILES string of the molecule is CNC(c1cccc(OC)c1)c1cccc(C)c1C. The average molecular weight is 255 g/mol. The molecule has 0 aliphatic rings. The van der Waals surface area contributed by atoms with Gasteiger partial charge in [0.25, 0.3) is 0 Å². The molecule has 2 rings (SSSR count). The Morgan fingerprint density at radius 2 is 1.79 bits per heavy atom. The van der Waals surface area contributed by atoms with Gasteiger partial charge in [-0.3, -0.25) is 0 Å². The Bertz CT molecular complexity index is 563. The second-order valence-electron chi connectivity index (χ2n) is 4.79. The van der Waals surface area contributed by atoms with E-state index in [4.69, 9.17) is 4.74 Å². The predicted molar refractivity (Wildman–Crippen MR) is 79.8 cm³/mol. The quantitative estimate of drug-likeness (QED) is 0.901. The van der Waals surface area contributed by atoms with Crippen LogP contribution in [0.3, 0.4) is 0 Å². The van der Waals surface area contributed by atoms with Crippen molar-refractivity contribution < 1.29 is 4.74 Å². The van der Waals surface area contributed by atoms with Crippen LogP contribution in [-0.2, 0) is 0 Å². The third-order valence-electron chi connectivity index (χ3n) is 3.67. The highest BCUT2D eigenvalue weighted by Crippen LogP contribution is 2.28. The fourth-order valence-electron chi connectivity index (χ4n) is 2.41. The van der Waals surface area contributed by atoms with E-state index >= 15 is 0 Å². The summed E-state index contributed by atoms with van der Waals surface area (Å²) in [7, 11) is 3.69. The molecule has 1 atom stereocenters. The first-order valence-corrected chi connectivity index (χ1v) is 6.54. The summed E-state index contributed by atoms with van der Waals surface area (Å²) >= 11 is 0. The minimum atomic E-state index is 0.190. The standard InChI is InChI=1S/C17H21NO/c1-12-7-5-10-16(13(12)2)17(18-3)14-8-6-9-15(11-14)19-4/h5-11,17-18H,1-4H3. The van der Waals surface area contributed by atoms with Gasteiger partial charge < -0.3 is 10.1 Å². The lowest BCUT2D eigenvalue weighted by Gasteiger charge is -2.21. The zero-order valence-corrected chi connectivity index (χ0v) is 12.0. The molecule has 0 aliphatic heterocycles. The Morgan fingerprint density at radius 1 is 1.05 bits per heavy atom. The molecular weight excluding hydrogens is 234 g/mol. The molecule has 0 aromatic heterocycles. The minimum Gasteiger partial charge on any atom is -0.497 e. The third kappa shape index (κ3) is 2.79. The van der Waals surface area contributed by atoms with Crippen molar-refractivity contribution in [3.63, 3.8) is 0 Å². The normalized spacial score (nSPS) is 12.2. The van der Waals surface area contributed by atoms with Crippen molar-refractivity contribution in [2.45, 2.75) is 19.9 Å². The van der Waals surface area contributed by atoms with E-state index in [1.807, 2.05) is 19.2 Å². The molecule has 2 aromatic carbocycles. The van der Waals surface area contributed by atoms with Crippen LogP contribution in [0.4, 0.5) is 0 Å². The van der Waals surface area contributed by atoms with Crippen LogP contribution in [0.1, 0.15) is 28.3 Å². The molecule has 0 bridgehead atoms. The van der Waals surface area contributed by atoms with E-state index in [1.54, 1.807) is 7.11 Å². The van der Waals surface area contributed by atoms with Crippen molar-refractivity contribution in [3.05, 3.63) is 64.7 Å². The van der Waals surface area contributed by atoms with Gasteiger partial charge in [-0.2, -0.15) is 0 Å². The van der Waals surface area contributed by atoms with E-state index in [0.29, 0.717) is 0 Å². The summed E-state index contributed by atoms with van der Waals surface area (Å²) in [6.45, 7) is 4.33. The summed E-state index contributed by atoms with van der Waals surface area (Å²) < 4.78 is 5.31. The highest BCUT2D eigenvalue weighted by Gasteiger charge is 2.15. The number of methoxy groups -OCH3 is 1. The maximum absolute atomic E-state index is 5.31. The monoisotopic (exact) mass is 255 g/mol. The molecule has 0 spiro atoms. The molecular formula is C17H21NO. The van der Waals surface area contributed by atoms with Crippen LogP contribution in [0.15, 0.2) is 42.5 Å². The summed E-state index contributed by atoms with van der Waals surface area (Å²) in [6, 6.07) is 14.9. The minimum absolute atomic E-state index is 0.190. The first-order chi connectivity index (χ1) is 9.17. The number of benzene rings is 2. The van der Waals surface area contributed by atoms with E-state index in [2.05, 4.69) is 49.5 Å². The molecule has 0 aliphatic carbocycles. The number of hydrogen-bond donors (Lipinski definition) is 1. The van der Waals surface area contributed by atoms with Crippen molar-refractivity contribution >= 4 is 0 Å². The van der Waals surface area contributed by atoms with Crippen LogP contribution >= 0.6 is 0 Å². The largest absolute Gasteiger partial charge is 0.497 e. The van der Waals surface area contributed by atoms with E-state index < -0.39 is 0 Å². The van der Waals surface area contributed by atoms with Crippen LogP contribution in [0.25, 0.3) is 0 Å². The lowest BCUT2D eigenvalue weighted by atomic mass is 9.93. The Labute approximate surface area is 115 Å². The predicted octanol–water partition coefficient (Wildman–Crippen LogP) is 3.62. The fraction of sp³-hybridized carbons (Fsp3) is 0.294. The Morgan fingerprint density at radius 3 is 2.47 bits per heavy atom. The van der Waals surface area contributed by atoms with Crippen molar-refractivity contribution in [1.82, 2.24) is 5.32 Å². The molecule has 0 saturated heterocycles. The summed E-state index contributed by atoms with van der Waals surface area (Å²) in [4.78, 5) is 0. The van der Waals surface area contributed by atoms with Crippen molar-refractivity contribution in [2.24, 2.45) is 0 Å². The Balaban J connectivity index is 2.46. The Hall–Kier alpha value is -1.80. The zero-order valence-electron chi connectivity index (χ0n) is 12.0. The summed E-state index contributed by atoms with van der Waals surface area (Å²) in [6.07, 6.45) is 0. The highest BCUT2D eigenvalue weighted by molar-refractivity contribution is 5.42. The van der Waals surface area contributed by atoms with Crippen LogP contribution in [0, 0.1) is 13.8 Å². The Kier molecular flexibility index (Phi) is 4.23. The van der Waals surface area contributed by atoms with Gasteiger partial charge in [-0.05, 0) is 55.3 Å². The molecule has 1 N–H and O–H groups in total. The lowest BCUT2D eigenvalue weighted by molar-refractivity contribution is 0.414. The number of nitrogens with one attached hydrogen (secondary N) is 1. The molecule has 19 heavy (non-hydrogen) atoms. The molecule has 0 fully saturated rings. The summed E-state index contributed by atoms with van der Waals surface area (Å²) in [5, 5.41) is 3.40. The van der Waals surface area contributed by atoms with Crippen LogP contribution in [-0.4, -0.2) is 14.2 Å². The van der Waals surface area contributed by atoms with Crippen molar-refractivity contribution in [2.75, 3.05) is 14.2 Å². The van der Waals surface area contributed by atoms with Gasteiger partial charge in [0.05, 0.1) is 13.2 Å². The molecule has 100 valence electrons. The zero-order chi connectivity index (χ0) is 13.8. The molecule has 2 aromatic rings. The molecule has 0 saturated carbocycles. The van der Waals surface area contributed by atoms with Gasteiger partial charge in [0, 0.05) is 0 Å². The second kappa shape index (κ2) is 5.89. The van der Waals surface area contributed by atoms with Gasteiger partial charge in [-0.15, -0.1) is 0 Å². The number of aryl methyl sites for hydroxylation is 1. The third-order valence-corrected chi connectivity index (χ3v) is 3.67. The first kappa shape index (κ1) is 13.6. The van der Waals surface area contributed by atoms with E-state index in [9.17, 15) is 0 Å².